The van der Waals surface area contributed by atoms with Crippen LogP contribution >= 0.6 is 0 Å². The molecule has 96 valence electrons. The molecule has 18 heavy (non-hydrogen) atoms. The molecule has 0 spiro atoms. The largest absolute Gasteiger partial charge is 0.508 e. The highest BCUT2D eigenvalue weighted by atomic mass is 19.1. The Balaban J connectivity index is 2.99. The highest BCUT2D eigenvalue weighted by molar-refractivity contribution is 5.76. The van der Waals surface area contributed by atoms with Crippen molar-refractivity contribution in [2.24, 2.45) is 5.73 Å². The van der Waals surface area contributed by atoms with Gasteiger partial charge in [-0.25, -0.2) is 9.18 Å². The molecule has 0 aliphatic carbocycles. The molecule has 0 aliphatic rings. The molecule has 1 unspecified atom stereocenters. The number of nitrogens with two attached hydrogens (primary N) is 1. The normalized spacial score (nSPS) is 13.4. The van der Waals surface area contributed by atoms with Gasteiger partial charge in [0.25, 0.3) is 0 Å². The van der Waals surface area contributed by atoms with Gasteiger partial charge in [-0.2, -0.15) is 5.26 Å². The van der Waals surface area contributed by atoms with Gasteiger partial charge in [0, 0.05) is 5.56 Å². The van der Waals surface area contributed by atoms with Crippen LogP contribution in [0.5, 0.6) is 5.75 Å². The zero-order valence-electron chi connectivity index (χ0n) is 9.76. The topological polar surface area (TPSA) is 96.3 Å². The first kappa shape index (κ1) is 13.9. The number of halogens is 1. The van der Waals surface area contributed by atoms with E-state index in [-0.39, 0.29) is 23.5 Å². The predicted octanol–water partition coefficient (Wildman–Crippen LogP) is 1.16. The number of phenolic OH excluding ortho intramolecular Hbond substituents is 1. The summed E-state index contributed by atoms with van der Waals surface area (Å²) in [6.45, 7) is 1.58. The van der Waals surface area contributed by atoms with Gasteiger partial charge in [-0.05, 0) is 25.1 Å². The van der Waals surface area contributed by atoms with Crippen LogP contribution in [-0.2, 0) is 9.53 Å². The minimum atomic E-state index is -2.09. The lowest BCUT2D eigenvalue weighted by atomic mass is 10.00. The first-order valence-electron chi connectivity index (χ1n) is 5.30. The molecule has 0 amide bonds. The number of hydrogen-bond donors (Lipinski definition) is 2. The molecule has 0 aliphatic heterocycles. The van der Waals surface area contributed by atoms with E-state index in [1.165, 1.54) is 18.2 Å². The van der Waals surface area contributed by atoms with Crippen molar-refractivity contribution >= 4 is 5.97 Å². The Morgan fingerprint density at radius 2 is 2.33 bits per heavy atom. The maximum absolute atomic E-state index is 13.7. The van der Waals surface area contributed by atoms with Gasteiger partial charge in [0.2, 0.25) is 6.17 Å². The average Bonchev–Trinajstić information content (AvgIpc) is 2.38. The van der Waals surface area contributed by atoms with E-state index in [9.17, 15) is 14.3 Å². The van der Waals surface area contributed by atoms with E-state index in [1.807, 2.05) is 6.07 Å². The fourth-order valence-corrected chi connectivity index (χ4v) is 1.42. The number of esters is 1. The van der Waals surface area contributed by atoms with Gasteiger partial charge >= 0.3 is 5.97 Å². The Bertz CT molecular complexity index is 485. The van der Waals surface area contributed by atoms with Crippen LogP contribution in [0.2, 0.25) is 0 Å². The minimum absolute atomic E-state index is 0.00500. The fourth-order valence-electron chi connectivity index (χ4n) is 1.42. The van der Waals surface area contributed by atoms with Gasteiger partial charge < -0.3 is 15.6 Å². The van der Waals surface area contributed by atoms with Crippen molar-refractivity contribution in [1.29, 1.82) is 5.26 Å². The van der Waals surface area contributed by atoms with E-state index in [2.05, 4.69) is 4.74 Å². The summed E-state index contributed by atoms with van der Waals surface area (Å²) in [6, 6.07) is 4.29. The lowest BCUT2D eigenvalue weighted by Gasteiger charge is -2.17. The number of ether oxygens (including phenoxy) is 1. The van der Waals surface area contributed by atoms with Crippen LogP contribution in [0, 0.1) is 11.3 Å². The Morgan fingerprint density at radius 3 is 2.89 bits per heavy atom. The predicted molar refractivity (Wildman–Crippen MR) is 61.3 cm³/mol. The maximum Gasteiger partial charge on any atom is 0.342 e. The molecular weight excluding hydrogens is 239 g/mol. The fraction of sp³-hybridized carbons (Fsp3) is 0.333. The quantitative estimate of drug-likeness (QED) is 0.784. The van der Waals surface area contributed by atoms with Gasteiger partial charge in [-0.1, -0.05) is 0 Å². The van der Waals surface area contributed by atoms with Crippen LogP contribution in [0.15, 0.2) is 18.2 Å². The van der Waals surface area contributed by atoms with Crippen LogP contribution < -0.4 is 5.73 Å². The van der Waals surface area contributed by atoms with Crippen LogP contribution in [-0.4, -0.2) is 23.9 Å². The minimum Gasteiger partial charge on any atom is -0.508 e. The Labute approximate surface area is 104 Å². The van der Waals surface area contributed by atoms with Crippen molar-refractivity contribution in [2.45, 2.75) is 19.1 Å². The number of carbonyl (C=O) groups excluding carboxylic acids is 1. The SMILES string of the molecule is CCOC(=O)C(F)[C@@H](N)c1cc(C#N)ccc1O. The second-order valence-electron chi connectivity index (χ2n) is 3.56. The van der Waals surface area contributed by atoms with E-state index in [0.29, 0.717) is 0 Å². The standard InChI is InChI=1S/C12H13FN2O3/c1-2-18-12(17)10(13)11(15)8-5-7(6-14)3-4-9(8)16/h3-5,10-11,16H,2,15H2,1H3/t10?,11-/m0/s1. The van der Waals surface area contributed by atoms with Crippen LogP contribution in [0.25, 0.3) is 0 Å². The number of nitrogens with zero attached hydrogens (tertiary/aromatic N) is 1. The molecule has 0 bridgehead atoms. The smallest absolute Gasteiger partial charge is 0.342 e. The van der Waals surface area contributed by atoms with E-state index >= 15 is 0 Å². The molecule has 1 aromatic carbocycles. The molecule has 0 radical (unpaired) electrons. The third-order valence-electron chi connectivity index (χ3n) is 2.34. The average molecular weight is 252 g/mol. The molecule has 2 atom stereocenters. The van der Waals surface area contributed by atoms with E-state index in [4.69, 9.17) is 11.0 Å². The van der Waals surface area contributed by atoms with Crippen LogP contribution in [0.1, 0.15) is 24.1 Å². The first-order chi connectivity index (χ1) is 8.51. The van der Waals surface area contributed by atoms with Gasteiger partial charge in [-0.3, -0.25) is 0 Å². The Morgan fingerprint density at radius 1 is 1.67 bits per heavy atom. The third kappa shape index (κ3) is 2.96. The number of aromatic hydroxyl groups is 1. The zero-order valence-corrected chi connectivity index (χ0v) is 9.76. The summed E-state index contributed by atoms with van der Waals surface area (Å²) in [6.07, 6.45) is -2.09. The molecule has 5 nitrogen and oxygen atoms in total. The summed E-state index contributed by atoms with van der Waals surface area (Å²) >= 11 is 0. The molecule has 0 aromatic heterocycles. The number of carbonyl (C=O) groups is 1. The van der Waals surface area contributed by atoms with Crippen molar-refractivity contribution in [3.8, 4) is 11.8 Å². The van der Waals surface area contributed by atoms with E-state index in [0.717, 1.165) is 0 Å². The highest BCUT2D eigenvalue weighted by Gasteiger charge is 2.29. The molecule has 0 saturated heterocycles. The van der Waals surface area contributed by atoms with Gasteiger partial charge in [0.05, 0.1) is 24.3 Å². The second kappa shape index (κ2) is 5.98. The number of benzene rings is 1. The number of rotatable bonds is 4. The highest BCUT2D eigenvalue weighted by Crippen LogP contribution is 2.27. The van der Waals surface area contributed by atoms with E-state index < -0.39 is 18.2 Å². The van der Waals surface area contributed by atoms with Gasteiger partial charge in [-0.15, -0.1) is 0 Å². The monoisotopic (exact) mass is 252 g/mol. The number of alkyl halides is 1. The Kier molecular flexibility index (Phi) is 4.63. The Hall–Kier alpha value is -2.13. The molecule has 0 heterocycles. The van der Waals surface area contributed by atoms with Crippen LogP contribution in [0.4, 0.5) is 4.39 Å². The first-order valence-corrected chi connectivity index (χ1v) is 5.30. The van der Waals surface area contributed by atoms with E-state index in [1.54, 1.807) is 6.92 Å². The number of phenols is 1. The lowest BCUT2D eigenvalue weighted by molar-refractivity contribution is -0.149. The van der Waals surface area contributed by atoms with Crippen molar-refractivity contribution in [3.05, 3.63) is 29.3 Å². The summed E-state index contributed by atoms with van der Waals surface area (Å²) in [5.74, 6) is -1.36. The van der Waals surface area contributed by atoms with Gasteiger partial charge in [0.15, 0.2) is 0 Å². The summed E-state index contributed by atoms with van der Waals surface area (Å²) in [4.78, 5) is 11.2. The maximum atomic E-state index is 13.7. The lowest BCUT2D eigenvalue weighted by Crippen LogP contribution is -2.31. The zero-order chi connectivity index (χ0) is 13.7. The molecule has 1 aromatic rings. The summed E-state index contributed by atoms with van der Waals surface area (Å²) in [7, 11) is 0. The molecule has 0 fully saturated rings. The number of hydrogen-bond acceptors (Lipinski definition) is 5. The molecular formula is C12H13FN2O3. The summed E-state index contributed by atoms with van der Waals surface area (Å²) in [5.41, 5.74) is 5.76. The molecule has 1 rings (SSSR count). The third-order valence-corrected chi connectivity index (χ3v) is 2.34. The van der Waals surface area contributed by atoms with Crippen molar-refractivity contribution in [1.82, 2.24) is 0 Å². The van der Waals surface area contributed by atoms with Gasteiger partial charge in [0.1, 0.15) is 5.75 Å². The molecule has 6 heteroatoms. The van der Waals surface area contributed by atoms with Crippen molar-refractivity contribution < 1.29 is 19.0 Å². The summed E-state index contributed by atoms with van der Waals surface area (Å²) < 4.78 is 18.2. The van der Waals surface area contributed by atoms with Crippen molar-refractivity contribution in [3.63, 3.8) is 0 Å². The second-order valence-corrected chi connectivity index (χ2v) is 3.56. The van der Waals surface area contributed by atoms with Crippen LogP contribution in [0.3, 0.4) is 0 Å². The van der Waals surface area contributed by atoms with Crippen molar-refractivity contribution in [2.75, 3.05) is 6.61 Å². The molecule has 3 N–H and O–H groups in total. The summed E-state index contributed by atoms with van der Waals surface area (Å²) in [5, 5.41) is 18.3. The molecule has 0 saturated carbocycles. The number of nitriles is 1.